The largest absolute Gasteiger partial charge is 0.454 e. The predicted octanol–water partition coefficient (Wildman–Crippen LogP) is 1.18. The first-order chi connectivity index (χ1) is 12.1. The van der Waals surface area contributed by atoms with Crippen LogP contribution in [0.2, 0.25) is 0 Å². The minimum absolute atomic E-state index is 0.148. The van der Waals surface area contributed by atoms with Crippen LogP contribution in [0.1, 0.15) is 0 Å². The van der Waals surface area contributed by atoms with Crippen molar-refractivity contribution >= 4 is 11.8 Å². The first-order valence-electron chi connectivity index (χ1n) is 8.22. The number of benzene rings is 1. The predicted molar refractivity (Wildman–Crippen MR) is 85.8 cm³/mol. The van der Waals surface area contributed by atoms with Gasteiger partial charge in [0.1, 0.15) is 5.82 Å². The number of morpholine rings is 1. The lowest BCUT2D eigenvalue weighted by Gasteiger charge is -2.30. The van der Waals surface area contributed by atoms with E-state index in [1.165, 1.54) is 11.0 Å². The lowest BCUT2D eigenvalue weighted by atomic mass is 10.2. The molecule has 138 valence electrons. The second-order valence-electron chi connectivity index (χ2n) is 5.74. The molecule has 25 heavy (non-hydrogen) atoms. The molecule has 9 heteroatoms. The van der Waals surface area contributed by atoms with Crippen molar-refractivity contribution in [3.63, 3.8) is 0 Å². The van der Waals surface area contributed by atoms with Crippen molar-refractivity contribution in [2.24, 2.45) is 0 Å². The molecule has 2 fully saturated rings. The molecule has 0 aliphatic carbocycles. The molecular formula is C16H21F2N3O4. The minimum Gasteiger partial charge on any atom is -0.454 e. The van der Waals surface area contributed by atoms with Gasteiger partial charge in [-0.3, -0.25) is 0 Å². The molecule has 0 spiro atoms. The Bertz CT molecular complexity index is 605. The Morgan fingerprint density at radius 1 is 1.12 bits per heavy atom. The summed E-state index contributed by atoms with van der Waals surface area (Å²) in [7, 11) is 0. The fourth-order valence-corrected chi connectivity index (χ4v) is 2.76. The van der Waals surface area contributed by atoms with Crippen molar-refractivity contribution in [2.75, 3.05) is 64.2 Å². The van der Waals surface area contributed by atoms with Crippen LogP contribution in [0.3, 0.4) is 0 Å². The van der Waals surface area contributed by atoms with Crippen LogP contribution in [-0.4, -0.2) is 70.3 Å². The second-order valence-corrected chi connectivity index (χ2v) is 5.74. The number of nitrogens with zero attached hydrogens (tertiary/aromatic N) is 2. The van der Waals surface area contributed by atoms with Crippen LogP contribution in [-0.2, 0) is 9.47 Å². The normalized spacial score (nSPS) is 18.2. The van der Waals surface area contributed by atoms with E-state index >= 15 is 0 Å². The number of amides is 1. The van der Waals surface area contributed by atoms with Crippen molar-refractivity contribution in [1.82, 2.24) is 10.2 Å². The first kappa shape index (κ1) is 17.7. The maximum atomic E-state index is 14.0. The molecule has 2 aliphatic heterocycles. The average Bonchev–Trinajstić information content (AvgIpc) is 2.65. The van der Waals surface area contributed by atoms with Crippen molar-refractivity contribution in [3.05, 3.63) is 23.8 Å². The lowest BCUT2D eigenvalue weighted by Crippen LogP contribution is -2.43. The van der Waals surface area contributed by atoms with Gasteiger partial charge in [0.15, 0.2) is 11.6 Å². The fourth-order valence-electron chi connectivity index (χ4n) is 2.76. The Morgan fingerprint density at radius 2 is 1.84 bits per heavy atom. The number of hydrogen-bond donors (Lipinski definition) is 1. The highest BCUT2D eigenvalue weighted by atomic mass is 19.1. The van der Waals surface area contributed by atoms with E-state index in [0.29, 0.717) is 39.4 Å². The molecule has 0 bridgehead atoms. The Kier molecular flexibility index (Phi) is 5.87. The zero-order valence-corrected chi connectivity index (χ0v) is 13.8. The van der Waals surface area contributed by atoms with Crippen LogP contribution in [0.5, 0.6) is 5.75 Å². The number of anilines is 1. The van der Waals surface area contributed by atoms with Crippen molar-refractivity contribution < 1.29 is 27.8 Å². The Labute approximate surface area is 144 Å². The highest BCUT2D eigenvalue weighted by molar-refractivity contribution is 5.67. The molecule has 1 aromatic carbocycles. The van der Waals surface area contributed by atoms with E-state index in [9.17, 15) is 13.6 Å². The van der Waals surface area contributed by atoms with Crippen molar-refractivity contribution in [2.45, 2.75) is 0 Å². The van der Waals surface area contributed by atoms with E-state index in [2.05, 4.69) is 5.32 Å². The van der Waals surface area contributed by atoms with Crippen LogP contribution in [0, 0.1) is 11.6 Å². The molecule has 3 rings (SSSR count). The zero-order chi connectivity index (χ0) is 17.6. The van der Waals surface area contributed by atoms with Gasteiger partial charge in [0, 0.05) is 51.4 Å². The van der Waals surface area contributed by atoms with Gasteiger partial charge in [0.2, 0.25) is 6.79 Å². The summed E-state index contributed by atoms with van der Waals surface area (Å²) in [6.07, 6.45) is -0.548. The van der Waals surface area contributed by atoms with Gasteiger partial charge in [-0.25, -0.2) is 13.6 Å². The third kappa shape index (κ3) is 4.49. The molecule has 0 unspecified atom stereocenters. The van der Waals surface area contributed by atoms with E-state index in [1.54, 1.807) is 0 Å². The van der Waals surface area contributed by atoms with E-state index < -0.39 is 24.5 Å². The monoisotopic (exact) mass is 357 g/mol. The average molecular weight is 357 g/mol. The number of piperazine rings is 1. The van der Waals surface area contributed by atoms with Crippen LogP contribution in [0.25, 0.3) is 0 Å². The maximum absolute atomic E-state index is 14.0. The SMILES string of the molecule is O=C(OCOc1cc(N2CCNCC2)c(F)cc1F)N1CCOCC1. The van der Waals surface area contributed by atoms with Gasteiger partial charge in [-0.2, -0.15) is 0 Å². The van der Waals surface area contributed by atoms with Gasteiger partial charge in [-0.15, -0.1) is 0 Å². The highest BCUT2D eigenvalue weighted by Gasteiger charge is 2.20. The summed E-state index contributed by atoms with van der Waals surface area (Å²) >= 11 is 0. The summed E-state index contributed by atoms with van der Waals surface area (Å²) in [5.74, 6) is -1.62. The third-order valence-electron chi connectivity index (χ3n) is 4.13. The van der Waals surface area contributed by atoms with Gasteiger partial charge in [-0.1, -0.05) is 0 Å². The minimum atomic E-state index is -0.834. The molecule has 0 radical (unpaired) electrons. The van der Waals surface area contributed by atoms with Gasteiger partial charge >= 0.3 is 6.09 Å². The number of carbonyl (C=O) groups is 1. The van der Waals surface area contributed by atoms with Gasteiger partial charge in [0.25, 0.3) is 0 Å². The maximum Gasteiger partial charge on any atom is 0.412 e. The lowest BCUT2D eigenvalue weighted by molar-refractivity contribution is 0.000683. The van der Waals surface area contributed by atoms with Crippen LogP contribution in [0.15, 0.2) is 12.1 Å². The van der Waals surface area contributed by atoms with E-state index in [1.807, 2.05) is 4.90 Å². The number of nitrogens with one attached hydrogen (secondary N) is 1. The zero-order valence-electron chi connectivity index (χ0n) is 13.8. The molecule has 0 atom stereocenters. The molecule has 7 nitrogen and oxygen atoms in total. The Balaban J connectivity index is 1.58. The van der Waals surface area contributed by atoms with Gasteiger partial charge in [-0.05, 0) is 0 Å². The first-order valence-corrected chi connectivity index (χ1v) is 8.22. The third-order valence-corrected chi connectivity index (χ3v) is 4.13. The van der Waals surface area contributed by atoms with Crippen LogP contribution >= 0.6 is 0 Å². The molecule has 0 saturated carbocycles. The van der Waals surface area contributed by atoms with E-state index in [-0.39, 0.29) is 11.4 Å². The molecule has 1 aromatic rings. The number of ether oxygens (including phenoxy) is 3. The Morgan fingerprint density at radius 3 is 2.56 bits per heavy atom. The fraction of sp³-hybridized carbons (Fsp3) is 0.562. The second kappa shape index (κ2) is 8.30. The molecule has 0 aromatic heterocycles. The molecule has 2 heterocycles. The van der Waals surface area contributed by atoms with Crippen molar-refractivity contribution in [3.8, 4) is 5.75 Å². The number of hydrogen-bond acceptors (Lipinski definition) is 6. The van der Waals surface area contributed by atoms with Crippen molar-refractivity contribution in [1.29, 1.82) is 0 Å². The Hall–Kier alpha value is -2.13. The number of carbonyl (C=O) groups excluding carboxylic acids is 1. The highest BCUT2D eigenvalue weighted by Crippen LogP contribution is 2.28. The number of rotatable bonds is 4. The summed E-state index contributed by atoms with van der Waals surface area (Å²) in [5, 5.41) is 3.17. The summed E-state index contributed by atoms with van der Waals surface area (Å²) in [6, 6.07) is 2.09. The standard InChI is InChI=1S/C16H21F2N3O4/c17-12-9-13(18)15(10-14(12)20-3-1-19-2-4-20)24-11-25-16(22)21-5-7-23-8-6-21/h9-10,19H,1-8,11H2. The smallest absolute Gasteiger partial charge is 0.412 e. The molecule has 2 saturated heterocycles. The summed E-state index contributed by atoms with van der Waals surface area (Å²) in [4.78, 5) is 15.1. The molecule has 1 amide bonds. The van der Waals surface area contributed by atoms with E-state index in [4.69, 9.17) is 14.2 Å². The molecule has 2 aliphatic rings. The van der Waals surface area contributed by atoms with Gasteiger partial charge in [0.05, 0.1) is 18.9 Å². The molecule has 1 N–H and O–H groups in total. The molecular weight excluding hydrogens is 336 g/mol. The van der Waals surface area contributed by atoms with E-state index in [0.717, 1.165) is 19.2 Å². The summed E-state index contributed by atoms with van der Waals surface area (Å²) < 4.78 is 43.3. The number of halogens is 2. The summed E-state index contributed by atoms with van der Waals surface area (Å²) in [5.41, 5.74) is 0.275. The summed E-state index contributed by atoms with van der Waals surface area (Å²) in [6.45, 7) is 4.04. The quantitative estimate of drug-likeness (QED) is 0.817. The van der Waals surface area contributed by atoms with Crippen LogP contribution < -0.4 is 15.0 Å². The van der Waals surface area contributed by atoms with Crippen LogP contribution in [0.4, 0.5) is 19.3 Å². The van der Waals surface area contributed by atoms with Gasteiger partial charge < -0.3 is 29.3 Å². The topological polar surface area (TPSA) is 63.3 Å².